The second kappa shape index (κ2) is 6.64. The molecule has 1 fully saturated rings. The number of hydrogen-bond acceptors (Lipinski definition) is 4. The van der Waals surface area contributed by atoms with Gasteiger partial charge in [0.25, 0.3) is 0 Å². The molecule has 0 unspecified atom stereocenters. The number of likely N-dealkylation sites (N-methyl/N-ethyl adjacent to an activating group) is 1. The van der Waals surface area contributed by atoms with Gasteiger partial charge in [0, 0.05) is 13.1 Å². The zero-order chi connectivity index (χ0) is 16.4. The van der Waals surface area contributed by atoms with E-state index >= 15 is 0 Å². The van der Waals surface area contributed by atoms with E-state index in [1.807, 2.05) is 11.9 Å². The largest absolute Gasteiger partial charge is 0.393 e. The van der Waals surface area contributed by atoms with E-state index in [1.165, 1.54) is 6.07 Å². The molecule has 0 spiro atoms. The van der Waals surface area contributed by atoms with Crippen LogP contribution in [0.1, 0.15) is 18.7 Å². The maximum absolute atomic E-state index is 13.6. The van der Waals surface area contributed by atoms with Gasteiger partial charge in [0.1, 0.15) is 11.3 Å². The Morgan fingerprint density at radius 2 is 2.22 bits per heavy atom. The van der Waals surface area contributed by atoms with E-state index in [4.69, 9.17) is 0 Å². The van der Waals surface area contributed by atoms with Crippen molar-refractivity contribution in [2.24, 2.45) is 0 Å². The van der Waals surface area contributed by atoms with Gasteiger partial charge in [-0.05, 0) is 32.0 Å². The van der Waals surface area contributed by atoms with E-state index < -0.39 is 0 Å². The number of hydrogen-bond donors (Lipinski definition) is 2. The first-order valence-corrected chi connectivity index (χ1v) is 7.80. The number of para-hydroxylation sites is 1. The highest BCUT2D eigenvalue weighted by Gasteiger charge is 2.22. The van der Waals surface area contributed by atoms with Crippen molar-refractivity contribution in [3.8, 4) is 0 Å². The van der Waals surface area contributed by atoms with Gasteiger partial charge in [-0.1, -0.05) is 6.07 Å². The lowest BCUT2D eigenvalue weighted by Crippen LogP contribution is -2.44. The smallest absolute Gasteiger partial charge is 0.236 e. The summed E-state index contributed by atoms with van der Waals surface area (Å²) < 4.78 is 13.6. The van der Waals surface area contributed by atoms with Crippen molar-refractivity contribution in [3.63, 3.8) is 0 Å². The van der Waals surface area contributed by atoms with E-state index in [0.717, 1.165) is 0 Å². The SMILES string of the molecule is CN(CC(=O)N1CCC(O)CC1)Cc1nc2c(F)cccc2[nH]1. The number of aliphatic hydroxyl groups excluding tert-OH is 1. The van der Waals surface area contributed by atoms with Gasteiger partial charge in [0.2, 0.25) is 5.91 Å². The highest BCUT2D eigenvalue weighted by Crippen LogP contribution is 2.16. The number of halogens is 1. The molecule has 0 radical (unpaired) electrons. The van der Waals surface area contributed by atoms with Crippen LogP contribution in [-0.2, 0) is 11.3 Å². The van der Waals surface area contributed by atoms with Crippen LogP contribution in [-0.4, -0.2) is 63.6 Å². The molecule has 0 bridgehead atoms. The number of carbonyl (C=O) groups excluding carboxylic acids is 1. The van der Waals surface area contributed by atoms with Gasteiger partial charge in [0.05, 0.1) is 24.7 Å². The van der Waals surface area contributed by atoms with Gasteiger partial charge in [-0.2, -0.15) is 0 Å². The molecule has 6 nitrogen and oxygen atoms in total. The Bertz CT molecular complexity index is 694. The summed E-state index contributed by atoms with van der Waals surface area (Å²) >= 11 is 0. The molecule has 1 saturated heterocycles. The summed E-state index contributed by atoms with van der Waals surface area (Å²) in [6, 6.07) is 4.79. The minimum absolute atomic E-state index is 0.0432. The zero-order valence-corrected chi connectivity index (χ0v) is 13.1. The van der Waals surface area contributed by atoms with Crippen molar-refractivity contribution in [3.05, 3.63) is 29.8 Å². The van der Waals surface area contributed by atoms with Gasteiger partial charge in [-0.15, -0.1) is 0 Å². The minimum Gasteiger partial charge on any atom is -0.393 e. The van der Waals surface area contributed by atoms with E-state index in [2.05, 4.69) is 9.97 Å². The number of H-pyrrole nitrogens is 1. The van der Waals surface area contributed by atoms with Gasteiger partial charge in [-0.25, -0.2) is 9.37 Å². The number of nitrogens with zero attached hydrogens (tertiary/aromatic N) is 3. The lowest BCUT2D eigenvalue weighted by atomic mass is 10.1. The maximum atomic E-state index is 13.6. The molecule has 2 heterocycles. The van der Waals surface area contributed by atoms with Crippen LogP contribution in [0.4, 0.5) is 4.39 Å². The number of aromatic nitrogens is 2. The predicted octanol–water partition coefficient (Wildman–Crippen LogP) is 1.12. The molecule has 1 aromatic heterocycles. The zero-order valence-electron chi connectivity index (χ0n) is 13.1. The topological polar surface area (TPSA) is 72.5 Å². The van der Waals surface area contributed by atoms with Crippen molar-refractivity contribution in [2.45, 2.75) is 25.5 Å². The Labute approximate surface area is 133 Å². The molecular weight excluding hydrogens is 299 g/mol. The summed E-state index contributed by atoms with van der Waals surface area (Å²) in [5.74, 6) is 0.326. The summed E-state index contributed by atoms with van der Waals surface area (Å²) in [4.78, 5) is 23.2. The van der Waals surface area contributed by atoms with E-state index in [1.54, 1.807) is 17.0 Å². The first-order chi connectivity index (χ1) is 11.0. The molecule has 1 aliphatic heterocycles. The fourth-order valence-corrected chi connectivity index (χ4v) is 2.88. The molecule has 0 saturated carbocycles. The third kappa shape index (κ3) is 3.68. The first-order valence-electron chi connectivity index (χ1n) is 7.80. The van der Waals surface area contributed by atoms with Crippen LogP contribution in [0.2, 0.25) is 0 Å². The molecule has 1 amide bonds. The summed E-state index contributed by atoms with van der Waals surface area (Å²) in [5.41, 5.74) is 0.983. The average molecular weight is 320 g/mol. The lowest BCUT2D eigenvalue weighted by molar-refractivity contribution is -0.134. The van der Waals surface area contributed by atoms with Crippen LogP contribution >= 0.6 is 0 Å². The number of amides is 1. The number of benzene rings is 1. The van der Waals surface area contributed by atoms with Gasteiger partial charge >= 0.3 is 0 Å². The average Bonchev–Trinajstić information content (AvgIpc) is 2.91. The lowest BCUT2D eigenvalue weighted by Gasteiger charge is -2.30. The highest BCUT2D eigenvalue weighted by atomic mass is 19.1. The molecule has 124 valence electrons. The van der Waals surface area contributed by atoms with Crippen molar-refractivity contribution >= 4 is 16.9 Å². The summed E-state index contributed by atoms with van der Waals surface area (Å²) in [5, 5.41) is 9.49. The van der Waals surface area contributed by atoms with Crippen molar-refractivity contribution in [2.75, 3.05) is 26.7 Å². The summed E-state index contributed by atoms with van der Waals surface area (Å²) in [6.45, 7) is 1.92. The van der Waals surface area contributed by atoms with Crippen molar-refractivity contribution < 1.29 is 14.3 Å². The number of aromatic amines is 1. The van der Waals surface area contributed by atoms with Crippen LogP contribution in [0, 0.1) is 5.82 Å². The Hall–Kier alpha value is -1.99. The maximum Gasteiger partial charge on any atom is 0.236 e. The van der Waals surface area contributed by atoms with Crippen molar-refractivity contribution in [1.29, 1.82) is 0 Å². The highest BCUT2D eigenvalue weighted by molar-refractivity contribution is 5.78. The van der Waals surface area contributed by atoms with Crippen molar-refractivity contribution in [1.82, 2.24) is 19.8 Å². The Kier molecular flexibility index (Phi) is 4.58. The Morgan fingerprint density at radius 3 is 2.91 bits per heavy atom. The molecule has 1 aliphatic rings. The molecule has 0 aliphatic carbocycles. The van der Waals surface area contributed by atoms with Crippen LogP contribution in [0.15, 0.2) is 18.2 Å². The molecule has 1 aromatic carbocycles. The number of fused-ring (bicyclic) bond motifs is 1. The Balaban J connectivity index is 1.58. The van der Waals surface area contributed by atoms with E-state index in [0.29, 0.717) is 49.3 Å². The fourth-order valence-electron chi connectivity index (χ4n) is 2.88. The van der Waals surface area contributed by atoms with Crippen LogP contribution in [0.25, 0.3) is 11.0 Å². The number of likely N-dealkylation sites (tertiary alicyclic amines) is 1. The number of aliphatic hydroxyl groups is 1. The third-order valence-electron chi connectivity index (χ3n) is 4.15. The monoisotopic (exact) mass is 320 g/mol. The third-order valence-corrected chi connectivity index (χ3v) is 4.15. The normalized spacial score (nSPS) is 16.4. The van der Waals surface area contributed by atoms with Crippen LogP contribution < -0.4 is 0 Å². The molecule has 2 N–H and O–H groups in total. The predicted molar refractivity (Wildman–Crippen MR) is 84.2 cm³/mol. The number of piperidine rings is 1. The van der Waals surface area contributed by atoms with Gasteiger partial charge in [-0.3, -0.25) is 9.69 Å². The van der Waals surface area contributed by atoms with Gasteiger partial charge < -0.3 is 15.0 Å². The standard InChI is InChI=1S/C16H21FN4O2/c1-20(10-15(23)21-7-5-11(22)6-8-21)9-14-18-13-4-2-3-12(17)16(13)19-14/h2-4,11,22H,5-10H2,1H3,(H,18,19). The summed E-state index contributed by atoms with van der Waals surface area (Å²) in [7, 11) is 1.83. The van der Waals surface area contributed by atoms with E-state index in [-0.39, 0.29) is 24.4 Å². The molecule has 2 aromatic rings. The first kappa shape index (κ1) is 15.9. The molecule has 3 rings (SSSR count). The quantitative estimate of drug-likeness (QED) is 0.885. The van der Waals surface area contributed by atoms with Crippen LogP contribution in [0.3, 0.4) is 0 Å². The molecule has 7 heteroatoms. The summed E-state index contributed by atoms with van der Waals surface area (Å²) in [6.07, 6.45) is 0.985. The van der Waals surface area contributed by atoms with Crippen LogP contribution in [0.5, 0.6) is 0 Å². The van der Waals surface area contributed by atoms with Gasteiger partial charge in [0.15, 0.2) is 5.82 Å². The molecule has 23 heavy (non-hydrogen) atoms. The molecule has 0 atom stereocenters. The fraction of sp³-hybridized carbons (Fsp3) is 0.500. The Morgan fingerprint density at radius 1 is 1.48 bits per heavy atom. The molecular formula is C16H21FN4O2. The number of imidazole rings is 1. The second-order valence-electron chi connectivity index (χ2n) is 6.10. The number of rotatable bonds is 4. The number of nitrogens with one attached hydrogen (secondary N) is 1. The second-order valence-corrected chi connectivity index (χ2v) is 6.10. The van der Waals surface area contributed by atoms with E-state index in [9.17, 15) is 14.3 Å². The number of carbonyl (C=O) groups is 1. The minimum atomic E-state index is -0.351.